The van der Waals surface area contributed by atoms with Crippen molar-refractivity contribution < 1.29 is 4.79 Å². The predicted octanol–water partition coefficient (Wildman–Crippen LogP) is 4.76. The number of benzene rings is 2. The molecule has 25 heavy (non-hydrogen) atoms. The molecule has 2 amide bonds. The molecule has 0 saturated heterocycles. The molecule has 5 rings (SSSR count). The molecule has 0 saturated carbocycles. The van der Waals surface area contributed by atoms with Crippen LogP contribution in [-0.2, 0) is 0 Å². The molecular weight excluding hydrogens is 330 g/mol. The van der Waals surface area contributed by atoms with Crippen molar-refractivity contribution in [3.63, 3.8) is 0 Å². The van der Waals surface area contributed by atoms with Gasteiger partial charge in [0, 0.05) is 17.5 Å². The molecule has 0 bridgehead atoms. The van der Waals surface area contributed by atoms with Crippen molar-refractivity contribution in [2.75, 3.05) is 10.7 Å². The maximum atomic E-state index is 12.8. The predicted molar refractivity (Wildman–Crippen MR) is 100 cm³/mol. The van der Waals surface area contributed by atoms with Gasteiger partial charge in [0.15, 0.2) is 0 Å². The summed E-state index contributed by atoms with van der Waals surface area (Å²) in [7, 11) is 0. The molecule has 4 nitrogen and oxygen atoms in total. The maximum Gasteiger partial charge on any atom is 0.327 e. The number of rotatable bonds is 2. The molecule has 0 radical (unpaired) electrons. The van der Waals surface area contributed by atoms with Crippen LogP contribution in [0.4, 0.5) is 16.2 Å². The van der Waals surface area contributed by atoms with E-state index in [1.54, 1.807) is 22.9 Å². The van der Waals surface area contributed by atoms with E-state index in [1.807, 2.05) is 36.4 Å². The van der Waals surface area contributed by atoms with Gasteiger partial charge in [-0.15, -0.1) is 11.8 Å². The molecule has 0 aliphatic carbocycles. The second-order valence-electron chi connectivity index (χ2n) is 6.11. The summed E-state index contributed by atoms with van der Waals surface area (Å²) in [5.74, 6) is 0.850. The minimum atomic E-state index is -0.0811. The highest BCUT2D eigenvalue weighted by atomic mass is 32.2. The Morgan fingerprint density at radius 1 is 1.04 bits per heavy atom. The first kappa shape index (κ1) is 14.5. The highest BCUT2D eigenvalue weighted by Gasteiger charge is 2.37. The van der Waals surface area contributed by atoms with Gasteiger partial charge in [0.05, 0.1) is 17.4 Å². The number of nitrogens with zero attached hydrogens (tertiary/aromatic N) is 2. The second kappa shape index (κ2) is 5.63. The van der Waals surface area contributed by atoms with Crippen molar-refractivity contribution in [2.24, 2.45) is 0 Å². The number of hydrogen-bond donors (Lipinski definition) is 1. The molecule has 0 spiro atoms. The quantitative estimate of drug-likeness (QED) is 0.728. The molecule has 122 valence electrons. The minimum absolute atomic E-state index is 0.0600. The fraction of sp³-hybridized carbons (Fsp3) is 0.100. The zero-order valence-corrected chi connectivity index (χ0v) is 14.2. The van der Waals surface area contributed by atoms with E-state index in [4.69, 9.17) is 0 Å². The van der Waals surface area contributed by atoms with E-state index in [0.717, 1.165) is 38.8 Å². The molecule has 0 fully saturated rings. The summed E-state index contributed by atoms with van der Waals surface area (Å²) in [6.45, 7) is 0. The van der Waals surface area contributed by atoms with Gasteiger partial charge in [0.2, 0.25) is 0 Å². The fourth-order valence-corrected chi connectivity index (χ4v) is 4.59. The molecule has 5 heteroatoms. The van der Waals surface area contributed by atoms with Gasteiger partial charge < -0.3 is 5.32 Å². The first-order valence-electron chi connectivity index (χ1n) is 8.19. The van der Waals surface area contributed by atoms with Gasteiger partial charge in [0.25, 0.3) is 0 Å². The van der Waals surface area contributed by atoms with Gasteiger partial charge in [0.1, 0.15) is 5.03 Å². The molecular formula is C20H15N3OS. The van der Waals surface area contributed by atoms with Gasteiger partial charge in [-0.25, -0.2) is 9.78 Å². The maximum absolute atomic E-state index is 12.8. The van der Waals surface area contributed by atoms with E-state index >= 15 is 0 Å². The molecule has 1 unspecified atom stereocenters. The summed E-state index contributed by atoms with van der Waals surface area (Å²) in [4.78, 5) is 19.0. The first-order valence-corrected chi connectivity index (χ1v) is 9.17. The number of anilines is 2. The summed E-state index contributed by atoms with van der Waals surface area (Å²) >= 11 is 1.70. The SMILES string of the molecule is O=C1NC2CSc3nccc(c32)N1c1cccc(-c2ccccc2)c1. The molecule has 2 aromatic carbocycles. The highest BCUT2D eigenvalue weighted by Crippen LogP contribution is 2.46. The van der Waals surface area contributed by atoms with Crippen molar-refractivity contribution in [3.05, 3.63) is 72.4 Å². The number of carbonyl (C=O) groups excluding carboxylic acids is 1. The fourth-order valence-electron chi connectivity index (χ4n) is 3.48. The number of aromatic nitrogens is 1. The third kappa shape index (κ3) is 2.31. The number of amides is 2. The van der Waals surface area contributed by atoms with E-state index in [0.29, 0.717) is 0 Å². The summed E-state index contributed by atoms with van der Waals surface area (Å²) in [6, 6.07) is 20.2. The number of thioether (sulfide) groups is 1. The first-order chi connectivity index (χ1) is 12.3. The van der Waals surface area contributed by atoms with Gasteiger partial charge >= 0.3 is 6.03 Å². The van der Waals surface area contributed by atoms with E-state index in [-0.39, 0.29) is 12.1 Å². The Morgan fingerprint density at radius 2 is 1.88 bits per heavy atom. The Bertz CT molecular complexity index is 974. The van der Waals surface area contributed by atoms with Crippen LogP contribution in [0.15, 0.2) is 71.9 Å². The summed E-state index contributed by atoms with van der Waals surface area (Å²) in [5.41, 5.74) is 5.16. The second-order valence-corrected chi connectivity index (χ2v) is 7.12. The molecule has 2 aliphatic rings. The van der Waals surface area contributed by atoms with Crippen LogP contribution in [0.2, 0.25) is 0 Å². The lowest BCUT2D eigenvalue weighted by Gasteiger charge is -2.32. The molecule has 1 atom stereocenters. The van der Waals surface area contributed by atoms with Gasteiger partial charge in [-0.3, -0.25) is 4.90 Å². The number of carbonyl (C=O) groups is 1. The van der Waals surface area contributed by atoms with Crippen LogP contribution in [0.3, 0.4) is 0 Å². The Kier molecular flexibility index (Phi) is 3.28. The molecule has 3 heterocycles. The van der Waals surface area contributed by atoms with Crippen LogP contribution in [-0.4, -0.2) is 16.8 Å². The molecule has 3 aromatic rings. The zero-order valence-electron chi connectivity index (χ0n) is 13.3. The van der Waals surface area contributed by atoms with Crippen molar-refractivity contribution in [1.82, 2.24) is 10.3 Å². The van der Waals surface area contributed by atoms with Crippen LogP contribution in [0.1, 0.15) is 11.6 Å². The number of pyridine rings is 1. The number of hydrogen-bond acceptors (Lipinski definition) is 3. The lowest BCUT2D eigenvalue weighted by Crippen LogP contribution is -2.44. The number of nitrogens with one attached hydrogen (secondary N) is 1. The Labute approximate surface area is 149 Å². The Hall–Kier alpha value is -2.79. The average molecular weight is 345 g/mol. The molecule has 1 aromatic heterocycles. The van der Waals surface area contributed by atoms with Crippen molar-refractivity contribution >= 4 is 29.2 Å². The van der Waals surface area contributed by atoms with Crippen LogP contribution in [0, 0.1) is 0 Å². The number of urea groups is 1. The van der Waals surface area contributed by atoms with E-state index in [9.17, 15) is 4.79 Å². The summed E-state index contributed by atoms with van der Waals surface area (Å²) in [6.07, 6.45) is 1.79. The highest BCUT2D eigenvalue weighted by molar-refractivity contribution is 7.99. The van der Waals surface area contributed by atoms with Crippen LogP contribution in [0.25, 0.3) is 11.1 Å². The lowest BCUT2D eigenvalue weighted by atomic mass is 10.0. The smallest absolute Gasteiger partial charge is 0.327 e. The Morgan fingerprint density at radius 3 is 2.76 bits per heavy atom. The summed E-state index contributed by atoms with van der Waals surface area (Å²) in [5, 5.41) is 4.13. The molecule has 2 aliphatic heterocycles. The van der Waals surface area contributed by atoms with Crippen molar-refractivity contribution in [1.29, 1.82) is 0 Å². The van der Waals surface area contributed by atoms with Crippen LogP contribution < -0.4 is 10.2 Å². The lowest BCUT2D eigenvalue weighted by molar-refractivity contribution is 0.244. The average Bonchev–Trinajstić information content (AvgIpc) is 3.07. The van der Waals surface area contributed by atoms with Gasteiger partial charge in [-0.2, -0.15) is 0 Å². The monoisotopic (exact) mass is 345 g/mol. The third-order valence-corrected chi connectivity index (χ3v) is 5.72. The standard InChI is InChI=1S/C20H15N3OS/c24-20-22-16-12-25-19-18(16)17(9-10-21-19)23(20)15-8-4-7-14(11-15)13-5-2-1-3-6-13/h1-11,16H,12H2,(H,22,24). The van der Waals surface area contributed by atoms with E-state index < -0.39 is 0 Å². The third-order valence-electron chi connectivity index (χ3n) is 4.62. The van der Waals surface area contributed by atoms with Crippen LogP contribution in [0.5, 0.6) is 0 Å². The van der Waals surface area contributed by atoms with Gasteiger partial charge in [-0.1, -0.05) is 42.5 Å². The Balaban J connectivity index is 1.64. The normalized spacial score (nSPS) is 18.0. The largest absolute Gasteiger partial charge is 0.330 e. The summed E-state index contributed by atoms with van der Waals surface area (Å²) < 4.78 is 0. The zero-order chi connectivity index (χ0) is 16.8. The van der Waals surface area contributed by atoms with Crippen LogP contribution >= 0.6 is 11.8 Å². The van der Waals surface area contributed by atoms with Gasteiger partial charge in [-0.05, 0) is 29.3 Å². The topological polar surface area (TPSA) is 45.2 Å². The van der Waals surface area contributed by atoms with E-state index in [1.165, 1.54) is 0 Å². The van der Waals surface area contributed by atoms with Crippen molar-refractivity contribution in [3.8, 4) is 11.1 Å². The minimum Gasteiger partial charge on any atom is -0.330 e. The van der Waals surface area contributed by atoms with E-state index in [2.05, 4.69) is 34.6 Å². The molecule has 1 N–H and O–H groups in total. The van der Waals surface area contributed by atoms with Crippen molar-refractivity contribution in [2.45, 2.75) is 11.1 Å².